The van der Waals surface area contributed by atoms with Crippen LogP contribution in [-0.4, -0.2) is 36.5 Å². The zero-order valence-corrected chi connectivity index (χ0v) is 20.5. The molecule has 3 amide bonds. The summed E-state index contributed by atoms with van der Waals surface area (Å²) in [7, 11) is 1.20. The molecule has 0 spiro atoms. The van der Waals surface area contributed by atoms with Crippen molar-refractivity contribution in [2.24, 2.45) is 0 Å². The van der Waals surface area contributed by atoms with Gasteiger partial charge in [0, 0.05) is 0 Å². The molecule has 2 aromatic carbocycles. The minimum Gasteiger partial charge on any atom is -0.487 e. The van der Waals surface area contributed by atoms with Crippen LogP contribution in [-0.2, 0) is 20.9 Å². The van der Waals surface area contributed by atoms with Crippen molar-refractivity contribution in [3.63, 3.8) is 0 Å². The van der Waals surface area contributed by atoms with E-state index in [0.717, 1.165) is 28.9 Å². The Hall–Kier alpha value is -2.15. The quantitative estimate of drug-likeness (QED) is 0.227. The van der Waals surface area contributed by atoms with Gasteiger partial charge in [-0.1, -0.05) is 29.8 Å². The molecule has 0 atom stereocenters. The number of benzene rings is 2. The summed E-state index contributed by atoms with van der Waals surface area (Å²) in [5.41, 5.74) is 3.09. The molecule has 1 aliphatic rings. The molecule has 9 heteroatoms. The number of nitrogens with one attached hydrogen (secondary N) is 1. The first-order valence-electron chi connectivity index (χ1n) is 8.87. The molecule has 1 heterocycles. The van der Waals surface area contributed by atoms with Crippen LogP contribution in [0.1, 0.15) is 16.7 Å². The number of carbonyl (C=O) groups is 3. The molecule has 3 rings (SSSR count). The van der Waals surface area contributed by atoms with E-state index in [1.165, 1.54) is 12.7 Å². The van der Waals surface area contributed by atoms with Gasteiger partial charge >= 0.3 is 12.0 Å². The summed E-state index contributed by atoms with van der Waals surface area (Å²) < 4.78 is 12.3. The van der Waals surface area contributed by atoms with Gasteiger partial charge in [-0.3, -0.25) is 9.59 Å². The first kappa shape index (κ1) is 22.5. The SMILES string of the molecule is COC(=O)CN1C(=O)N/C(=C/c2cc(I)c(OCc3cccc(C)c3)c(I)c2)C1=O. The maximum absolute atomic E-state index is 12.4. The van der Waals surface area contributed by atoms with Crippen molar-refractivity contribution in [1.82, 2.24) is 10.2 Å². The molecule has 0 unspecified atom stereocenters. The standard InChI is InChI=1S/C21H18I2N2O5/c1-12-4-3-5-13(6-12)11-30-19-15(22)7-14(8-16(19)23)9-17-20(27)25(21(28)24-17)10-18(26)29-2/h3-9H,10-11H2,1-2H3,(H,24,28)/b17-9+. The number of esters is 1. The van der Waals surface area contributed by atoms with Gasteiger partial charge in [0.1, 0.15) is 24.6 Å². The number of urea groups is 1. The van der Waals surface area contributed by atoms with E-state index >= 15 is 0 Å². The van der Waals surface area contributed by atoms with Gasteiger partial charge in [-0.15, -0.1) is 0 Å². The lowest BCUT2D eigenvalue weighted by Gasteiger charge is -2.12. The molecule has 0 aliphatic carbocycles. The highest BCUT2D eigenvalue weighted by atomic mass is 127. The molecule has 0 bridgehead atoms. The molecule has 1 N–H and O–H groups in total. The molecule has 0 saturated carbocycles. The van der Waals surface area contributed by atoms with Gasteiger partial charge < -0.3 is 14.8 Å². The summed E-state index contributed by atoms with van der Waals surface area (Å²) in [6.45, 7) is 2.05. The van der Waals surface area contributed by atoms with E-state index in [9.17, 15) is 14.4 Å². The van der Waals surface area contributed by atoms with Crippen LogP contribution in [0, 0.1) is 14.1 Å². The van der Waals surface area contributed by atoms with Crippen molar-refractivity contribution in [2.75, 3.05) is 13.7 Å². The van der Waals surface area contributed by atoms with Crippen molar-refractivity contribution in [1.29, 1.82) is 0 Å². The van der Waals surface area contributed by atoms with Crippen molar-refractivity contribution >= 4 is 69.2 Å². The number of carbonyl (C=O) groups excluding carboxylic acids is 3. The average molecular weight is 632 g/mol. The van der Waals surface area contributed by atoms with E-state index in [2.05, 4.69) is 61.3 Å². The zero-order valence-electron chi connectivity index (χ0n) is 16.2. The van der Waals surface area contributed by atoms with Gasteiger partial charge in [0.2, 0.25) is 0 Å². The second-order valence-electron chi connectivity index (χ2n) is 6.55. The number of aryl methyl sites for hydroxylation is 1. The van der Waals surface area contributed by atoms with E-state index < -0.39 is 24.5 Å². The summed E-state index contributed by atoms with van der Waals surface area (Å²) in [6.07, 6.45) is 1.58. The lowest BCUT2D eigenvalue weighted by atomic mass is 10.1. The Kier molecular flexibility index (Phi) is 7.34. The van der Waals surface area contributed by atoms with Gasteiger partial charge in [-0.2, -0.15) is 0 Å². The van der Waals surface area contributed by atoms with Crippen molar-refractivity contribution in [3.8, 4) is 5.75 Å². The number of halogens is 2. The van der Waals surface area contributed by atoms with Crippen molar-refractivity contribution in [3.05, 3.63) is 65.9 Å². The third kappa shape index (κ3) is 5.31. The molecule has 2 aromatic rings. The van der Waals surface area contributed by atoms with E-state index in [1.807, 2.05) is 37.3 Å². The maximum atomic E-state index is 12.4. The van der Waals surface area contributed by atoms with Crippen LogP contribution in [0.15, 0.2) is 42.1 Å². The number of methoxy groups -OCH3 is 1. The van der Waals surface area contributed by atoms with Crippen LogP contribution >= 0.6 is 45.2 Å². The molecule has 1 aliphatic heterocycles. The average Bonchev–Trinajstić information content (AvgIpc) is 2.94. The highest BCUT2D eigenvalue weighted by Crippen LogP contribution is 2.31. The molecule has 30 heavy (non-hydrogen) atoms. The number of ether oxygens (including phenoxy) is 2. The summed E-state index contributed by atoms with van der Waals surface area (Å²) in [5, 5.41) is 2.49. The van der Waals surface area contributed by atoms with Crippen LogP contribution in [0.5, 0.6) is 5.75 Å². The molecular formula is C21H18I2N2O5. The highest BCUT2D eigenvalue weighted by Gasteiger charge is 2.35. The third-order valence-corrected chi connectivity index (χ3v) is 5.88. The Balaban J connectivity index is 1.77. The van der Waals surface area contributed by atoms with E-state index in [-0.39, 0.29) is 5.70 Å². The number of hydrogen-bond donors (Lipinski definition) is 1. The number of amides is 3. The predicted octanol–water partition coefficient (Wildman–Crippen LogP) is 3.85. The number of imide groups is 1. The Bertz CT molecular complexity index is 1030. The number of rotatable bonds is 6. The summed E-state index contributed by atoms with van der Waals surface area (Å²) in [4.78, 5) is 36.6. The van der Waals surface area contributed by atoms with Gasteiger partial charge in [0.25, 0.3) is 5.91 Å². The van der Waals surface area contributed by atoms with E-state index in [1.54, 1.807) is 6.08 Å². The van der Waals surface area contributed by atoms with Gasteiger partial charge in [0.15, 0.2) is 0 Å². The fourth-order valence-corrected chi connectivity index (χ4v) is 4.96. The predicted molar refractivity (Wildman–Crippen MR) is 128 cm³/mol. The fourth-order valence-electron chi connectivity index (χ4n) is 2.83. The minimum atomic E-state index is -0.668. The lowest BCUT2D eigenvalue weighted by Crippen LogP contribution is -2.36. The lowest BCUT2D eigenvalue weighted by molar-refractivity contribution is -0.143. The fraction of sp³-hybridized carbons (Fsp3) is 0.190. The largest absolute Gasteiger partial charge is 0.487 e. The Morgan fingerprint density at radius 3 is 2.50 bits per heavy atom. The smallest absolute Gasteiger partial charge is 0.329 e. The van der Waals surface area contributed by atoms with E-state index in [4.69, 9.17) is 4.74 Å². The van der Waals surface area contributed by atoms with Gasteiger partial charge in [-0.05, 0) is 81.4 Å². The van der Waals surface area contributed by atoms with Gasteiger partial charge in [0.05, 0.1) is 14.3 Å². The van der Waals surface area contributed by atoms with Crippen LogP contribution in [0.3, 0.4) is 0 Å². The molecule has 7 nitrogen and oxygen atoms in total. The maximum Gasteiger partial charge on any atom is 0.329 e. The summed E-state index contributed by atoms with van der Waals surface area (Å²) >= 11 is 4.36. The first-order valence-corrected chi connectivity index (χ1v) is 11.0. The molecular weight excluding hydrogens is 614 g/mol. The third-order valence-electron chi connectivity index (χ3n) is 4.27. The zero-order chi connectivity index (χ0) is 21.8. The second-order valence-corrected chi connectivity index (χ2v) is 8.87. The number of hydrogen-bond acceptors (Lipinski definition) is 5. The highest BCUT2D eigenvalue weighted by molar-refractivity contribution is 14.1. The second kappa shape index (κ2) is 9.77. The monoisotopic (exact) mass is 632 g/mol. The number of nitrogens with zero attached hydrogens (tertiary/aromatic N) is 1. The molecule has 0 aromatic heterocycles. The molecule has 1 saturated heterocycles. The Morgan fingerprint density at radius 2 is 1.87 bits per heavy atom. The first-order chi connectivity index (χ1) is 14.3. The van der Waals surface area contributed by atoms with Crippen LogP contribution in [0.25, 0.3) is 6.08 Å². The molecule has 0 radical (unpaired) electrons. The van der Waals surface area contributed by atoms with Crippen LogP contribution < -0.4 is 10.1 Å². The normalized spacial score (nSPS) is 14.8. The summed E-state index contributed by atoms with van der Waals surface area (Å²) in [6, 6.07) is 11.2. The minimum absolute atomic E-state index is 0.101. The van der Waals surface area contributed by atoms with Crippen molar-refractivity contribution < 1.29 is 23.9 Å². The Labute approximate surface area is 201 Å². The summed E-state index contributed by atoms with van der Waals surface area (Å²) in [5.74, 6) is -0.483. The molecule has 156 valence electrons. The van der Waals surface area contributed by atoms with E-state index in [0.29, 0.717) is 6.61 Å². The Morgan fingerprint density at radius 1 is 1.17 bits per heavy atom. The topological polar surface area (TPSA) is 84.9 Å². The van der Waals surface area contributed by atoms with Gasteiger partial charge in [-0.25, -0.2) is 9.69 Å². The van der Waals surface area contributed by atoms with Crippen LogP contribution in [0.2, 0.25) is 0 Å². The van der Waals surface area contributed by atoms with Crippen molar-refractivity contribution in [2.45, 2.75) is 13.5 Å². The molecule has 1 fully saturated rings. The van der Waals surface area contributed by atoms with Crippen LogP contribution in [0.4, 0.5) is 4.79 Å².